The number of rotatable bonds is 8. The van der Waals surface area contributed by atoms with Crippen molar-refractivity contribution in [3.05, 3.63) is 165 Å². The van der Waals surface area contributed by atoms with E-state index in [2.05, 4.69) is 302 Å². The van der Waals surface area contributed by atoms with Gasteiger partial charge in [0.05, 0.1) is 22.8 Å². The van der Waals surface area contributed by atoms with Crippen LogP contribution in [0.2, 0.25) is 0 Å². The van der Waals surface area contributed by atoms with Crippen LogP contribution in [0.3, 0.4) is 0 Å². The van der Waals surface area contributed by atoms with Crippen LogP contribution in [0.5, 0.6) is 0 Å². The largest absolute Gasteiger partial charge is 0.248 e. The fraction of sp³-hybridized carbons (Fsp3) is 0.481. The van der Waals surface area contributed by atoms with Crippen LogP contribution >= 0.6 is 0 Å². The molecule has 7 aromatic rings. The number of hydrogen-bond donors (Lipinski definition) is 0. The molecule has 0 amide bonds. The summed E-state index contributed by atoms with van der Waals surface area (Å²) in [5.41, 5.74) is 24.6. The van der Waals surface area contributed by atoms with Crippen molar-refractivity contribution in [3.63, 3.8) is 0 Å². The van der Waals surface area contributed by atoms with Crippen molar-refractivity contribution in [2.24, 2.45) is 0 Å². The lowest BCUT2D eigenvalue weighted by atomic mass is 9.74. The Balaban J connectivity index is 1.65. The Morgan fingerprint density at radius 2 is 0.443 bits per heavy atom. The standard InChI is InChI=1S/C77H102N2/c1-28-77(26,27)68-62(48-40-64(50-32-54(69(2,3)4)44-55(33-50)70(5,6)7)78-65(41-48)51-34-56(71(8,9)10)45-57(35-51)72(11,12)13)30-29-31-63(68)49-42-66(52-36-58(73(14,15)16)46-59(37-52)74(17,18)19)79-67(43-49)53-38-60(75(20,21)22)47-61(39-53)76(23,24)25/h29-47H,28H2,1-27H3. The summed E-state index contributed by atoms with van der Waals surface area (Å²) in [5.74, 6) is 0. The third-order valence-electron chi connectivity index (χ3n) is 16.7. The Bertz CT molecular complexity index is 2850. The normalized spacial score (nSPS) is 13.6. The zero-order chi connectivity index (χ0) is 59.2. The Labute approximate surface area is 482 Å². The minimum atomic E-state index is -0.229. The summed E-state index contributed by atoms with van der Waals surface area (Å²) in [6, 6.07) is 45.6. The number of nitrogens with zero attached hydrogens (tertiary/aromatic N) is 2. The Hall–Kier alpha value is -5.60. The van der Waals surface area contributed by atoms with Crippen LogP contribution in [0.1, 0.15) is 243 Å². The van der Waals surface area contributed by atoms with Crippen molar-refractivity contribution in [1.29, 1.82) is 0 Å². The van der Waals surface area contributed by atoms with Crippen LogP contribution in [0.15, 0.2) is 115 Å². The first-order valence-electron chi connectivity index (χ1n) is 29.7. The molecule has 0 N–H and O–H groups in total. The Morgan fingerprint density at radius 3 is 0.608 bits per heavy atom. The van der Waals surface area contributed by atoms with E-state index < -0.39 is 0 Å². The molecule has 0 aliphatic carbocycles. The molecular weight excluding hydrogens is 953 g/mol. The smallest absolute Gasteiger partial charge is 0.0715 e. The third kappa shape index (κ3) is 13.8. The highest BCUT2D eigenvalue weighted by Crippen LogP contribution is 2.47. The molecule has 0 atom stereocenters. The van der Waals surface area contributed by atoms with Gasteiger partial charge < -0.3 is 0 Å². The summed E-state index contributed by atoms with van der Waals surface area (Å²) in [6.45, 7) is 63.1. The van der Waals surface area contributed by atoms with E-state index in [1.54, 1.807) is 0 Å². The molecule has 2 aromatic heterocycles. The topological polar surface area (TPSA) is 25.8 Å². The van der Waals surface area contributed by atoms with Crippen molar-refractivity contribution in [2.75, 3.05) is 0 Å². The number of pyridine rings is 2. The van der Waals surface area contributed by atoms with E-state index >= 15 is 0 Å². The molecule has 0 bridgehead atoms. The average molecular weight is 1060 g/mol. The molecule has 0 saturated carbocycles. The van der Waals surface area contributed by atoms with E-state index in [-0.39, 0.29) is 48.7 Å². The lowest BCUT2D eigenvalue weighted by Crippen LogP contribution is -2.19. The van der Waals surface area contributed by atoms with Crippen LogP contribution in [0, 0.1) is 0 Å². The highest BCUT2D eigenvalue weighted by Gasteiger charge is 2.31. The monoisotopic (exact) mass is 1050 g/mol. The van der Waals surface area contributed by atoms with E-state index in [9.17, 15) is 0 Å². The SMILES string of the molecule is CCC(C)(C)c1c(-c2cc(-c3cc(C(C)(C)C)cc(C(C)(C)C)c3)nc(-c3cc(C(C)(C)C)cc(C(C)(C)C)c3)c2)cccc1-c1cc(-c2cc(C(C)(C)C)cc(C(C)(C)C)c2)nc(-c2cc(C(C)(C)C)cc(C(C)(C)C)c2)c1. The molecule has 0 unspecified atom stereocenters. The second-order valence-corrected chi connectivity index (χ2v) is 32.4. The third-order valence-corrected chi connectivity index (χ3v) is 16.7. The highest BCUT2D eigenvalue weighted by atomic mass is 14.7. The summed E-state index contributed by atoms with van der Waals surface area (Å²) >= 11 is 0. The van der Waals surface area contributed by atoms with Crippen molar-refractivity contribution >= 4 is 0 Å². The van der Waals surface area contributed by atoms with Crippen LogP contribution in [-0.4, -0.2) is 9.97 Å². The van der Waals surface area contributed by atoms with Crippen LogP contribution in [0.4, 0.5) is 0 Å². The molecular formula is C77H102N2. The maximum atomic E-state index is 5.76. The second-order valence-electron chi connectivity index (χ2n) is 32.4. The molecule has 0 fully saturated rings. The van der Waals surface area contributed by atoms with Crippen LogP contribution in [0.25, 0.3) is 67.3 Å². The van der Waals surface area contributed by atoms with Crippen LogP contribution in [-0.2, 0) is 48.7 Å². The predicted molar refractivity (Wildman–Crippen MR) is 348 cm³/mol. The number of benzene rings is 5. The molecule has 0 spiro atoms. The molecule has 0 saturated heterocycles. The minimum Gasteiger partial charge on any atom is -0.248 e. The van der Waals surface area contributed by atoms with Gasteiger partial charge in [0.15, 0.2) is 0 Å². The first-order valence-corrected chi connectivity index (χ1v) is 29.7. The summed E-state index contributed by atoms with van der Waals surface area (Å²) < 4.78 is 0. The van der Waals surface area contributed by atoms with Gasteiger partial charge in [0.1, 0.15) is 0 Å². The molecule has 0 aliphatic rings. The average Bonchev–Trinajstić information content (AvgIpc) is 3.42. The number of aromatic nitrogens is 2. The van der Waals surface area contributed by atoms with Crippen molar-refractivity contribution in [2.45, 2.75) is 242 Å². The summed E-state index contributed by atoms with van der Waals surface area (Å²) in [6.07, 6.45) is 0.947. The van der Waals surface area contributed by atoms with Crippen molar-refractivity contribution in [3.8, 4) is 67.3 Å². The molecule has 5 aromatic carbocycles. The van der Waals surface area contributed by atoms with E-state index in [4.69, 9.17) is 9.97 Å². The fourth-order valence-electron chi connectivity index (χ4n) is 10.5. The lowest BCUT2D eigenvalue weighted by molar-refractivity contribution is 0.509. The minimum absolute atomic E-state index is 0.0568. The first-order chi connectivity index (χ1) is 35.8. The van der Waals surface area contributed by atoms with E-state index in [0.29, 0.717) is 0 Å². The molecule has 79 heavy (non-hydrogen) atoms. The zero-order valence-corrected chi connectivity index (χ0v) is 54.6. The van der Waals surface area contributed by atoms with E-state index in [1.165, 1.54) is 72.3 Å². The van der Waals surface area contributed by atoms with Gasteiger partial charge in [0.2, 0.25) is 0 Å². The summed E-state index contributed by atoms with van der Waals surface area (Å²) in [4.78, 5) is 11.5. The molecule has 7 rings (SSSR count). The number of hydrogen-bond acceptors (Lipinski definition) is 2. The molecule has 420 valence electrons. The zero-order valence-electron chi connectivity index (χ0n) is 54.6. The van der Waals surface area contributed by atoms with Gasteiger partial charge in [-0.1, -0.05) is 229 Å². The second kappa shape index (κ2) is 20.7. The van der Waals surface area contributed by atoms with E-state index in [1.807, 2.05) is 0 Å². The summed E-state index contributed by atoms with van der Waals surface area (Å²) in [7, 11) is 0. The highest BCUT2D eigenvalue weighted by molar-refractivity contribution is 5.87. The van der Waals surface area contributed by atoms with Crippen molar-refractivity contribution < 1.29 is 0 Å². The maximum absolute atomic E-state index is 5.76. The molecule has 2 heterocycles. The maximum Gasteiger partial charge on any atom is 0.0715 e. The molecule has 0 aliphatic heterocycles. The van der Waals surface area contributed by atoms with Gasteiger partial charge in [0.25, 0.3) is 0 Å². The predicted octanol–water partition coefficient (Wildman–Crippen LogP) is 22.5. The quantitative estimate of drug-likeness (QED) is 0.152. The fourth-order valence-corrected chi connectivity index (χ4v) is 10.5. The van der Waals surface area contributed by atoms with Gasteiger partial charge in [-0.05, 0) is 200 Å². The van der Waals surface area contributed by atoms with Gasteiger partial charge in [0, 0.05) is 22.3 Å². The van der Waals surface area contributed by atoms with Gasteiger partial charge in [-0.15, -0.1) is 0 Å². The lowest BCUT2D eigenvalue weighted by Gasteiger charge is -2.31. The molecule has 2 heteroatoms. The molecule has 0 radical (unpaired) electrons. The first kappa shape index (κ1) is 61.0. The van der Waals surface area contributed by atoms with E-state index in [0.717, 1.165) is 51.5 Å². The Kier molecular flexibility index (Phi) is 16.0. The van der Waals surface area contributed by atoms with Gasteiger partial charge in [-0.2, -0.15) is 0 Å². The van der Waals surface area contributed by atoms with Crippen molar-refractivity contribution in [1.82, 2.24) is 9.97 Å². The summed E-state index contributed by atoms with van der Waals surface area (Å²) in [5, 5.41) is 0. The van der Waals surface area contributed by atoms with Gasteiger partial charge in [-0.3, -0.25) is 0 Å². The van der Waals surface area contributed by atoms with Gasteiger partial charge in [-0.25, -0.2) is 9.97 Å². The Morgan fingerprint density at radius 1 is 0.253 bits per heavy atom. The molecule has 2 nitrogen and oxygen atoms in total. The van der Waals surface area contributed by atoms with Gasteiger partial charge >= 0.3 is 0 Å². The van der Waals surface area contributed by atoms with Crippen LogP contribution < -0.4 is 0 Å².